The minimum absolute atomic E-state index is 0.000399. The third kappa shape index (κ3) is 25.1. The predicted octanol–water partition coefficient (Wildman–Crippen LogP) is 6.70. The molecule has 0 spiro atoms. The van der Waals surface area contributed by atoms with Gasteiger partial charge in [0.1, 0.15) is 13.2 Å². The van der Waals surface area contributed by atoms with E-state index >= 15 is 0 Å². The van der Waals surface area contributed by atoms with Crippen LogP contribution in [0.1, 0.15) is 117 Å². The van der Waals surface area contributed by atoms with Gasteiger partial charge in [0, 0.05) is 12.5 Å². The van der Waals surface area contributed by atoms with Crippen LogP contribution in [0.5, 0.6) is 0 Å². The molecule has 0 heterocycles. The van der Waals surface area contributed by atoms with Crippen molar-refractivity contribution in [1.82, 2.24) is 0 Å². The van der Waals surface area contributed by atoms with Gasteiger partial charge >= 0.3 is 0 Å². The zero-order chi connectivity index (χ0) is 25.7. The summed E-state index contributed by atoms with van der Waals surface area (Å²) in [6.45, 7) is 5.25. The molecule has 1 N–H and O–H groups in total. The second kappa shape index (κ2) is 21.1. The van der Waals surface area contributed by atoms with E-state index < -0.39 is 7.82 Å². The molecule has 0 saturated carbocycles. The molecule has 0 aromatic rings. The van der Waals surface area contributed by atoms with E-state index in [1.807, 2.05) is 21.1 Å². The first-order valence-corrected chi connectivity index (χ1v) is 15.5. The number of quaternary nitrogens is 1. The summed E-state index contributed by atoms with van der Waals surface area (Å²) in [5.74, 6) is 0.700. The lowest BCUT2D eigenvalue weighted by molar-refractivity contribution is -0.870. The number of hydrogen-bond acceptors (Lipinski definition) is 5. The van der Waals surface area contributed by atoms with Gasteiger partial charge in [-0.05, 0) is 12.3 Å². The number of unbranched alkanes of at least 4 members (excludes halogenated alkanes) is 13. The SMILES string of the molecule is CC(C)CCCCCCCCCCCCCCCCC(CO)COP(=O)([O-])OCC[N+](C)(C)C. The lowest BCUT2D eigenvalue weighted by Gasteiger charge is -2.28. The molecule has 0 aliphatic carbocycles. The highest BCUT2D eigenvalue weighted by atomic mass is 31.2. The van der Waals surface area contributed by atoms with Gasteiger partial charge in [-0.25, -0.2) is 0 Å². The van der Waals surface area contributed by atoms with Crippen LogP contribution in [-0.2, 0) is 13.6 Å². The van der Waals surface area contributed by atoms with Crippen LogP contribution in [0.15, 0.2) is 0 Å². The summed E-state index contributed by atoms with van der Waals surface area (Å²) in [4.78, 5) is 11.9. The summed E-state index contributed by atoms with van der Waals surface area (Å²) in [5, 5.41) is 9.53. The van der Waals surface area contributed by atoms with Crippen LogP contribution in [0, 0.1) is 11.8 Å². The highest BCUT2D eigenvalue weighted by Gasteiger charge is 2.16. The maximum atomic E-state index is 11.9. The molecule has 7 heteroatoms. The number of likely N-dealkylation sites (N-methyl/N-ethyl adjacent to an activating group) is 1. The van der Waals surface area contributed by atoms with Crippen molar-refractivity contribution in [2.75, 3.05) is 47.5 Å². The van der Waals surface area contributed by atoms with Crippen LogP contribution in [-0.4, -0.2) is 57.1 Å². The molecule has 0 saturated heterocycles. The van der Waals surface area contributed by atoms with Crippen molar-refractivity contribution < 1.29 is 28.1 Å². The summed E-state index contributed by atoms with van der Waals surface area (Å²) >= 11 is 0. The maximum absolute atomic E-state index is 11.9. The molecule has 0 aromatic carbocycles. The number of aliphatic hydroxyl groups excluding tert-OH is 1. The highest BCUT2D eigenvalue weighted by Crippen LogP contribution is 2.38. The second-order valence-corrected chi connectivity index (χ2v) is 13.0. The first kappa shape index (κ1) is 34.0. The minimum Gasteiger partial charge on any atom is -0.756 e. The smallest absolute Gasteiger partial charge is 0.268 e. The number of nitrogens with zero attached hydrogens (tertiary/aromatic N) is 1. The maximum Gasteiger partial charge on any atom is 0.268 e. The van der Waals surface area contributed by atoms with E-state index in [1.54, 1.807) is 0 Å². The zero-order valence-corrected chi connectivity index (χ0v) is 24.2. The van der Waals surface area contributed by atoms with Crippen LogP contribution in [0.25, 0.3) is 0 Å². The monoisotopic (exact) mass is 507 g/mol. The van der Waals surface area contributed by atoms with Crippen LogP contribution in [0.3, 0.4) is 0 Å². The molecule has 0 bridgehead atoms. The second-order valence-electron chi connectivity index (χ2n) is 11.6. The quantitative estimate of drug-likeness (QED) is 0.0845. The number of aliphatic hydroxyl groups is 1. The lowest BCUT2D eigenvalue weighted by Crippen LogP contribution is -2.37. The Bertz CT molecular complexity index is 496. The molecule has 34 heavy (non-hydrogen) atoms. The molecule has 206 valence electrons. The van der Waals surface area contributed by atoms with Gasteiger partial charge in [0.15, 0.2) is 0 Å². The molecular weight excluding hydrogens is 449 g/mol. The Morgan fingerprint density at radius 3 is 1.53 bits per heavy atom. The Kier molecular flexibility index (Phi) is 21.2. The average Bonchev–Trinajstić information content (AvgIpc) is 2.74. The largest absolute Gasteiger partial charge is 0.756 e. The fourth-order valence-electron chi connectivity index (χ4n) is 3.99. The van der Waals surface area contributed by atoms with E-state index in [0.717, 1.165) is 25.2 Å². The standard InChI is InChI=1S/C27H58NO5P/c1-26(2)20-18-16-14-12-10-8-6-7-9-11-13-15-17-19-21-27(24-29)25-33-34(30,31)32-23-22-28(3,4)5/h26-27,29H,6-25H2,1-5H3. The molecule has 0 fully saturated rings. The first-order valence-electron chi connectivity index (χ1n) is 14.1. The van der Waals surface area contributed by atoms with Crippen molar-refractivity contribution in [1.29, 1.82) is 0 Å². The highest BCUT2D eigenvalue weighted by molar-refractivity contribution is 7.45. The summed E-state index contributed by atoms with van der Waals surface area (Å²) in [6.07, 6.45) is 20.6. The molecule has 0 amide bonds. The van der Waals surface area contributed by atoms with E-state index in [4.69, 9.17) is 9.05 Å². The van der Waals surface area contributed by atoms with Crippen molar-refractivity contribution in [2.24, 2.45) is 11.8 Å². The number of phosphoric acid groups is 1. The van der Waals surface area contributed by atoms with Crippen LogP contribution in [0.4, 0.5) is 0 Å². The van der Waals surface area contributed by atoms with Gasteiger partial charge in [0.2, 0.25) is 0 Å². The minimum atomic E-state index is -4.29. The Labute approximate surface area is 212 Å². The Balaban J connectivity index is 3.52. The van der Waals surface area contributed by atoms with Crippen LogP contribution < -0.4 is 4.89 Å². The predicted molar refractivity (Wildman–Crippen MR) is 142 cm³/mol. The van der Waals surface area contributed by atoms with E-state index in [2.05, 4.69) is 13.8 Å². The fraction of sp³-hybridized carbons (Fsp3) is 1.00. The van der Waals surface area contributed by atoms with Crippen molar-refractivity contribution in [3.05, 3.63) is 0 Å². The Hall–Kier alpha value is 0.0300. The van der Waals surface area contributed by atoms with E-state index in [-0.39, 0.29) is 25.7 Å². The van der Waals surface area contributed by atoms with Crippen LogP contribution >= 0.6 is 7.82 Å². The average molecular weight is 508 g/mol. The molecule has 2 atom stereocenters. The van der Waals surface area contributed by atoms with Gasteiger partial charge < -0.3 is 23.5 Å². The first-order chi connectivity index (χ1) is 16.1. The molecule has 0 aliphatic heterocycles. The summed E-state index contributed by atoms with van der Waals surface area (Å²) in [7, 11) is 1.62. The zero-order valence-electron chi connectivity index (χ0n) is 23.3. The van der Waals surface area contributed by atoms with Gasteiger partial charge in [0.05, 0.1) is 27.7 Å². The van der Waals surface area contributed by atoms with Gasteiger partial charge in [0.25, 0.3) is 7.82 Å². The topological polar surface area (TPSA) is 78.8 Å². The van der Waals surface area contributed by atoms with E-state index in [1.165, 1.54) is 83.5 Å². The Morgan fingerprint density at radius 2 is 1.15 bits per heavy atom. The van der Waals surface area contributed by atoms with Crippen LogP contribution in [0.2, 0.25) is 0 Å². The summed E-state index contributed by atoms with van der Waals surface area (Å²) in [6, 6.07) is 0. The molecular formula is C27H58NO5P. The molecule has 0 rings (SSSR count). The van der Waals surface area contributed by atoms with Crippen molar-refractivity contribution in [3.63, 3.8) is 0 Å². The van der Waals surface area contributed by atoms with Gasteiger partial charge in [-0.3, -0.25) is 4.57 Å². The molecule has 0 aromatic heterocycles. The van der Waals surface area contributed by atoms with Crippen molar-refractivity contribution in [3.8, 4) is 0 Å². The normalized spacial score (nSPS) is 15.1. The summed E-state index contributed by atoms with van der Waals surface area (Å²) < 4.78 is 22.4. The van der Waals surface area contributed by atoms with Gasteiger partial charge in [-0.1, -0.05) is 110 Å². The molecule has 0 aliphatic rings. The molecule has 0 radical (unpaired) electrons. The van der Waals surface area contributed by atoms with Crippen molar-refractivity contribution in [2.45, 2.75) is 117 Å². The molecule has 6 nitrogen and oxygen atoms in total. The third-order valence-electron chi connectivity index (χ3n) is 6.38. The van der Waals surface area contributed by atoms with E-state index in [0.29, 0.717) is 11.0 Å². The third-order valence-corrected chi connectivity index (χ3v) is 7.35. The van der Waals surface area contributed by atoms with Gasteiger partial charge in [-0.15, -0.1) is 0 Å². The number of rotatable bonds is 25. The fourth-order valence-corrected chi connectivity index (χ4v) is 4.77. The molecule has 2 unspecified atom stereocenters. The van der Waals surface area contributed by atoms with E-state index in [9.17, 15) is 14.6 Å². The number of phosphoric ester groups is 1. The number of hydrogen-bond donors (Lipinski definition) is 1. The lowest BCUT2D eigenvalue weighted by atomic mass is 10.0. The Morgan fingerprint density at radius 1 is 0.735 bits per heavy atom. The summed E-state index contributed by atoms with van der Waals surface area (Å²) in [5.41, 5.74) is 0. The van der Waals surface area contributed by atoms with Crippen molar-refractivity contribution >= 4 is 7.82 Å². The van der Waals surface area contributed by atoms with Gasteiger partial charge in [-0.2, -0.15) is 0 Å².